The van der Waals surface area contributed by atoms with E-state index in [2.05, 4.69) is 24.9 Å². The third-order valence-electron chi connectivity index (χ3n) is 2.54. The van der Waals surface area contributed by atoms with Crippen LogP contribution < -0.4 is 5.73 Å². The lowest BCUT2D eigenvalue weighted by Crippen LogP contribution is -2.01. The van der Waals surface area contributed by atoms with E-state index in [4.69, 9.17) is 5.73 Å². The van der Waals surface area contributed by atoms with E-state index in [0.29, 0.717) is 11.0 Å². The first-order valence-corrected chi connectivity index (χ1v) is 6.75. The summed E-state index contributed by atoms with van der Waals surface area (Å²) in [6.07, 6.45) is 5.21. The molecule has 0 aliphatic heterocycles. The lowest BCUT2D eigenvalue weighted by atomic mass is 10.2. The summed E-state index contributed by atoms with van der Waals surface area (Å²) in [4.78, 5) is 21.0. The molecule has 0 amide bonds. The average molecular weight is 270 g/mol. The van der Waals surface area contributed by atoms with E-state index in [-0.39, 0.29) is 5.95 Å². The Bertz CT molecular complexity index is 745. The van der Waals surface area contributed by atoms with Crippen molar-refractivity contribution in [2.24, 2.45) is 0 Å². The van der Waals surface area contributed by atoms with Crippen molar-refractivity contribution in [3.63, 3.8) is 0 Å². The Kier molecular flexibility index (Phi) is 2.96. The van der Waals surface area contributed by atoms with Crippen LogP contribution in [-0.4, -0.2) is 31.2 Å². The summed E-state index contributed by atoms with van der Waals surface area (Å²) in [7, 11) is 0. The second-order valence-electron chi connectivity index (χ2n) is 3.76. The topological polar surface area (TPSA) is 90.5 Å². The van der Waals surface area contributed by atoms with E-state index < -0.39 is 0 Å². The van der Waals surface area contributed by atoms with Crippen LogP contribution in [0.5, 0.6) is 0 Å². The quantitative estimate of drug-likeness (QED) is 0.710. The van der Waals surface area contributed by atoms with Gasteiger partial charge < -0.3 is 5.73 Å². The zero-order valence-electron chi connectivity index (χ0n) is 10.1. The van der Waals surface area contributed by atoms with E-state index in [0.717, 1.165) is 16.6 Å². The molecule has 0 saturated heterocycles. The molecule has 1 aromatic carbocycles. The van der Waals surface area contributed by atoms with Crippen LogP contribution in [-0.2, 0) is 0 Å². The molecule has 0 aliphatic rings. The van der Waals surface area contributed by atoms with Crippen LogP contribution in [0.4, 0.5) is 5.95 Å². The van der Waals surface area contributed by atoms with E-state index in [1.54, 1.807) is 12.4 Å². The summed E-state index contributed by atoms with van der Waals surface area (Å²) in [5.74, 6) is 0.762. The molecule has 0 unspecified atom stereocenters. The molecule has 0 atom stereocenters. The van der Waals surface area contributed by atoms with Crippen LogP contribution in [0.15, 0.2) is 35.7 Å². The highest BCUT2D eigenvalue weighted by Gasteiger charge is 2.07. The molecule has 3 aromatic rings. The van der Waals surface area contributed by atoms with Gasteiger partial charge >= 0.3 is 0 Å². The molecule has 0 radical (unpaired) electrons. The summed E-state index contributed by atoms with van der Waals surface area (Å²) in [5.41, 5.74) is 8.15. The van der Waals surface area contributed by atoms with E-state index in [1.165, 1.54) is 11.8 Å². The van der Waals surface area contributed by atoms with Crippen LogP contribution in [0, 0.1) is 0 Å². The van der Waals surface area contributed by atoms with Crippen LogP contribution in [0.2, 0.25) is 0 Å². The van der Waals surface area contributed by atoms with Gasteiger partial charge in [-0.15, -0.1) is 0 Å². The Morgan fingerprint density at radius 1 is 1.00 bits per heavy atom. The fourth-order valence-electron chi connectivity index (χ4n) is 1.69. The van der Waals surface area contributed by atoms with Gasteiger partial charge in [-0.1, -0.05) is 11.8 Å². The van der Waals surface area contributed by atoms with Crippen molar-refractivity contribution in [2.45, 2.75) is 5.16 Å². The number of nitrogen functional groups attached to an aromatic ring is 1. The molecule has 7 heteroatoms. The highest BCUT2D eigenvalue weighted by Crippen LogP contribution is 2.21. The smallest absolute Gasteiger partial charge is 0.224 e. The number of nitrogens with two attached hydrogens (primary N) is 1. The van der Waals surface area contributed by atoms with Crippen LogP contribution in [0.25, 0.3) is 22.4 Å². The van der Waals surface area contributed by atoms with Crippen LogP contribution >= 0.6 is 11.8 Å². The summed E-state index contributed by atoms with van der Waals surface area (Å²) in [6, 6.07) is 5.67. The second kappa shape index (κ2) is 4.77. The molecular weight excluding hydrogens is 260 g/mol. The molecule has 0 saturated carbocycles. The normalized spacial score (nSPS) is 10.8. The molecule has 0 spiro atoms. The third-order valence-corrected chi connectivity index (χ3v) is 3.09. The van der Waals surface area contributed by atoms with Crippen LogP contribution in [0.1, 0.15) is 0 Å². The molecule has 0 bridgehead atoms. The number of nitrogens with zero attached hydrogens (tertiary/aromatic N) is 5. The minimum Gasteiger partial charge on any atom is -0.368 e. The van der Waals surface area contributed by atoms with Crippen LogP contribution in [0.3, 0.4) is 0 Å². The van der Waals surface area contributed by atoms with Gasteiger partial charge in [0.1, 0.15) is 0 Å². The number of aromatic nitrogens is 5. The minimum atomic E-state index is 0.216. The van der Waals surface area contributed by atoms with Gasteiger partial charge in [-0.25, -0.2) is 4.98 Å². The van der Waals surface area contributed by atoms with Crippen molar-refractivity contribution in [2.75, 3.05) is 12.0 Å². The number of thioether (sulfide) groups is 1. The van der Waals surface area contributed by atoms with Crippen molar-refractivity contribution in [3.8, 4) is 11.4 Å². The number of fused-ring (bicyclic) bond motifs is 1. The van der Waals surface area contributed by atoms with E-state index in [1.807, 2.05) is 24.5 Å². The summed E-state index contributed by atoms with van der Waals surface area (Å²) < 4.78 is 0. The van der Waals surface area contributed by atoms with Gasteiger partial charge in [-0.3, -0.25) is 9.97 Å². The Balaban J connectivity index is 2.15. The molecule has 2 N–H and O–H groups in total. The molecule has 3 rings (SSSR count). The Hall–Kier alpha value is -2.28. The third kappa shape index (κ3) is 2.32. The highest BCUT2D eigenvalue weighted by atomic mass is 32.2. The SMILES string of the molecule is CSc1nc(N)nc(-c2ccc3nccnc3c2)n1. The predicted molar refractivity (Wildman–Crippen MR) is 74.6 cm³/mol. The van der Waals surface area contributed by atoms with Crippen molar-refractivity contribution >= 4 is 28.7 Å². The first kappa shape index (κ1) is 11.8. The van der Waals surface area contributed by atoms with E-state index >= 15 is 0 Å². The molecule has 0 aliphatic carbocycles. The number of rotatable bonds is 2. The molecule has 2 heterocycles. The lowest BCUT2D eigenvalue weighted by Gasteiger charge is -2.04. The summed E-state index contributed by atoms with van der Waals surface area (Å²) >= 11 is 1.43. The Labute approximate surface area is 113 Å². The number of hydrogen-bond acceptors (Lipinski definition) is 7. The molecule has 94 valence electrons. The van der Waals surface area contributed by atoms with E-state index in [9.17, 15) is 0 Å². The lowest BCUT2D eigenvalue weighted by molar-refractivity contribution is 0.927. The largest absolute Gasteiger partial charge is 0.368 e. The monoisotopic (exact) mass is 270 g/mol. The molecular formula is C12H10N6S. The number of hydrogen-bond donors (Lipinski definition) is 1. The van der Waals surface area contributed by atoms with Gasteiger partial charge in [0.2, 0.25) is 5.95 Å². The van der Waals surface area contributed by atoms with Crippen molar-refractivity contribution in [1.82, 2.24) is 24.9 Å². The van der Waals surface area contributed by atoms with Gasteiger partial charge in [0.25, 0.3) is 0 Å². The number of benzene rings is 1. The van der Waals surface area contributed by atoms with Gasteiger partial charge in [0.15, 0.2) is 11.0 Å². The second-order valence-corrected chi connectivity index (χ2v) is 4.54. The fourth-order valence-corrected chi connectivity index (χ4v) is 2.06. The zero-order valence-corrected chi connectivity index (χ0v) is 10.9. The van der Waals surface area contributed by atoms with Gasteiger partial charge in [-0.05, 0) is 24.5 Å². The minimum absolute atomic E-state index is 0.216. The Morgan fingerprint density at radius 2 is 1.79 bits per heavy atom. The number of anilines is 1. The maximum absolute atomic E-state index is 5.68. The summed E-state index contributed by atoms with van der Waals surface area (Å²) in [5, 5.41) is 0.599. The molecule has 19 heavy (non-hydrogen) atoms. The summed E-state index contributed by atoms with van der Waals surface area (Å²) in [6.45, 7) is 0. The predicted octanol–water partition coefficient (Wildman–Crippen LogP) is 1.79. The molecule has 0 fully saturated rings. The molecule has 2 aromatic heterocycles. The highest BCUT2D eigenvalue weighted by molar-refractivity contribution is 7.98. The van der Waals surface area contributed by atoms with Gasteiger partial charge in [0, 0.05) is 18.0 Å². The van der Waals surface area contributed by atoms with Crippen molar-refractivity contribution in [3.05, 3.63) is 30.6 Å². The van der Waals surface area contributed by atoms with Gasteiger partial charge in [-0.2, -0.15) is 9.97 Å². The maximum Gasteiger partial charge on any atom is 0.224 e. The van der Waals surface area contributed by atoms with Crippen molar-refractivity contribution in [1.29, 1.82) is 0 Å². The fraction of sp³-hybridized carbons (Fsp3) is 0.0833. The standard InChI is InChI=1S/C12H10N6S/c1-19-12-17-10(16-11(13)18-12)7-2-3-8-9(6-7)15-5-4-14-8/h2-6H,1H3,(H2,13,16,17,18). The first-order chi connectivity index (χ1) is 9.26. The maximum atomic E-state index is 5.68. The first-order valence-electron chi connectivity index (χ1n) is 5.53. The Morgan fingerprint density at radius 3 is 2.58 bits per heavy atom. The average Bonchev–Trinajstić information content (AvgIpc) is 2.46. The van der Waals surface area contributed by atoms with Crippen molar-refractivity contribution < 1.29 is 0 Å². The molecule has 6 nitrogen and oxygen atoms in total. The van der Waals surface area contributed by atoms with Gasteiger partial charge in [0.05, 0.1) is 11.0 Å². The zero-order chi connectivity index (χ0) is 13.2.